The molecule has 2 aromatic heterocycles. The van der Waals surface area contributed by atoms with Gasteiger partial charge in [0, 0.05) is 18.0 Å². The highest BCUT2D eigenvalue weighted by atomic mass is 32.1. The molecule has 116 valence electrons. The van der Waals surface area contributed by atoms with Gasteiger partial charge in [-0.2, -0.15) is 0 Å². The number of amides is 1. The Morgan fingerprint density at radius 2 is 2.00 bits per heavy atom. The van der Waals surface area contributed by atoms with Crippen molar-refractivity contribution >= 4 is 22.4 Å². The number of benzene rings is 1. The molecular weight excluding hydrogens is 308 g/mol. The van der Waals surface area contributed by atoms with Gasteiger partial charge >= 0.3 is 0 Å². The number of anilines is 1. The lowest BCUT2D eigenvalue weighted by Crippen LogP contribution is -2.20. The molecule has 0 aliphatic heterocycles. The van der Waals surface area contributed by atoms with E-state index in [1.165, 1.54) is 11.3 Å². The van der Waals surface area contributed by atoms with E-state index < -0.39 is 0 Å². The van der Waals surface area contributed by atoms with E-state index in [4.69, 9.17) is 0 Å². The predicted molar refractivity (Wildman–Crippen MR) is 91.2 cm³/mol. The van der Waals surface area contributed by atoms with Crippen molar-refractivity contribution in [3.05, 3.63) is 60.4 Å². The van der Waals surface area contributed by atoms with Gasteiger partial charge in [-0.3, -0.25) is 15.1 Å². The average Bonchev–Trinajstić information content (AvgIpc) is 3.06. The largest absolute Gasteiger partial charge is 0.300 e. The summed E-state index contributed by atoms with van der Waals surface area (Å²) in [6, 6.07) is 13.5. The highest BCUT2D eigenvalue weighted by Gasteiger charge is 2.20. The normalized spacial score (nSPS) is 11.9. The van der Waals surface area contributed by atoms with Crippen molar-refractivity contribution in [2.24, 2.45) is 0 Å². The molecule has 0 radical (unpaired) electrons. The molecule has 23 heavy (non-hydrogen) atoms. The van der Waals surface area contributed by atoms with Crippen molar-refractivity contribution in [3.8, 4) is 10.6 Å². The molecule has 0 spiro atoms. The van der Waals surface area contributed by atoms with Crippen molar-refractivity contribution < 1.29 is 4.79 Å². The number of hydrogen-bond acceptors (Lipinski definition) is 5. The standard InChI is InChI=1S/C17H16N4OS/c1-2-14(12-7-4-3-5-8-12)15(22)19-17-21-20-16(23-17)13-9-6-10-18-11-13/h3-11,14H,2H2,1H3,(H,19,21,22). The minimum absolute atomic E-state index is 0.0624. The Morgan fingerprint density at radius 3 is 2.70 bits per heavy atom. The van der Waals surface area contributed by atoms with Crippen LogP contribution in [0.5, 0.6) is 0 Å². The smallest absolute Gasteiger partial charge is 0.233 e. The second-order valence-electron chi connectivity index (χ2n) is 5.01. The maximum Gasteiger partial charge on any atom is 0.233 e. The molecule has 5 nitrogen and oxygen atoms in total. The second-order valence-corrected chi connectivity index (χ2v) is 5.99. The fraction of sp³-hybridized carbons (Fsp3) is 0.176. The van der Waals surface area contributed by atoms with Crippen LogP contribution >= 0.6 is 11.3 Å². The van der Waals surface area contributed by atoms with Crippen LogP contribution in [0.3, 0.4) is 0 Å². The summed E-state index contributed by atoms with van der Waals surface area (Å²) in [5.41, 5.74) is 1.89. The third-order valence-corrected chi connectivity index (χ3v) is 4.38. The van der Waals surface area contributed by atoms with Gasteiger partial charge in [-0.05, 0) is 24.1 Å². The number of rotatable bonds is 5. The molecule has 0 fully saturated rings. The SMILES string of the molecule is CCC(C(=O)Nc1nnc(-c2cccnc2)s1)c1ccccc1. The molecule has 2 heterocycles. The van der Waals surface area contributed by atoms with Crippen molar-refractivity contribution in [3.63, 3.8) is 0 Å². The highest BCUT2D eigenvalue weighted by Crippen LogP contribution is 2.27. The Kier molecular flexibility index (Phi) is 4.73. The third kappa shape index (κ3) is 3.60. The van der Waals surface area contributed by atoms with Crippen LogP contribution in [0.4, 0.5) is 5.13 Å². The van der Waals surface area contributed by atoms with Crippen molar-refractivity contribution in [2.75, 3.05) is 5.32 Å². The lowest BCUT2D eigenvalue weighted by Gasteiger charge is -2.13. The number of carbonyl (C=O) groups is 1. The molecule has 0 saturated carbocycles. The molecule has 0 saturated heterocycles. The summed E-state index contributed by atoms with van der Waals surface area (Å²) in [6.45, 7) is 2.00. The lowest BCUT2D eigenvalue weighted by molar-refractivity contribution is -0.117. The zero-order chi connectivity index (χ0) is 16.1. The van der Waals surface area contributed by atoms with Gasteiger partial charge < -0.3 is 0 Å². The number of pyridine rings is 1. The third-order valence-electron chi connectivity index (χ3n) is 3.49. The van der Waals surface area contributed by atoms with E-state index in [0.717, 1.165) is 22.6 Å². The summed E-state index contributed by atoms with van der Waals surface area (Å²) >= 11 is 1.34. The topological polar surface area (TPSA) is 67.8 Å². The Morgan fingerprint density at radius 1 is 1.17 bits per heavy atom. The molecule has 0 bridgehead atoms. The van der Waals surface area contributed by atoms with Gasteiger partial charge in [0.25, 0.3) is 0 Å². The van der Waals surface area contributed by atoms with Gasteiger partial charge in [0.2, 0.25) is 11.0 Å². The molecule has 1 atom stereocenters. The van der Waals surface area contributed by atoms with Crippen LogP contribution in [0.1, 0.15) is 24.8 Å². The fourth-order valence-electron chi connectivity index (χ4n) is 2.33. The summed E-state index contributed by atoms with van der Waals surface area (Å²) < 4.78 is 0. The summed E-state index contributed by atoms with van der Waals surface area (Å²) in [6.07, 6.45) is 4.16. The van der Waals surface area contributed by atoms with Gasteiger partial charge in [0.1, 0.15) is 0 Å². The summed E-state index contributed by atoms with van der Waals surface area (Å²) in [7, 11) is 0. The minimum Gasteiger partial charge on any atom is -0.300 e. The number of nitrogens with zero attached hydrogens (tertiary/aromatic N) is 3. The number of hydrogen-bond donors (Lipinski definition) is 1. The first-order valence-corrected chi connectivity index (χ1v) is 8.19. The summed E-state index contributed by atoms with van der Waals surface area (Å²) in [5.74, 6) is -0.255. The molecule has 1 amide bonds. The van der Waals surface area contributed by atoms with Crippen LogP contribution < -0.4 is 5.32 Å². The fourth-order valence-corrected chi connectivity index (χ4v) is 3.07. The van der Waals surface area contributed by atoms with Crippen molar-refractivity contribution in [2.45, 2.75) is 19.3 Å². The second kappa shape index (κ2) is 7.11. The molecule has 3 rings (SSSR count). The molecular formula is C17H16N4OS. The molecule has 0 aliphatic rings. The van der Waals surface area contributed by atoms with E-state index in [-0.39, 0.29) is 11.8 Å². The van der Waals surface area contributed by atoms with E-state index in [1.54, 1.807) is 12.4 Å². The van der Waals surface area contributed by atoms with E-state index in [0.29, 0.717) is 5.13 Å². The van der Waals surface area contributed by atoms with Crippen molar-refractivity contribution in [1.29, 1.82) is 0 Å². The maximum absolute atomic E-state index is 12.5. The maximum atomic E-state index is 12.5. The molecule has 1 unspecified atom stereocenters. The number of nitrogens with one attached hydrogen (secondary N) is 1. The molecule has 1 aromatic carbocycles. The Balaban J connectivity index is 1.74. The first-order chi connectivity index (χ1) is 11.3. The van der Waals surface area contributed by atoms with Crippen LogP contribution in [0.25, 0.3) is 10.6 Å². The van der Waals surface area contributed by atoms with Crippen LogP contribution in [0.15, 0.2) is 54.9 Å². The molecule has 1 N–H and O–H groups in total. The Labute approximate surface area is 138 Å². The van der Waals surface area contributed by atoms with Crippen LogP contribution in [-0.4, -0.2) is 21.1 Å². The first kappa shape index (κ1) is 15.3. The Bertz CT molecular complexity index is 774. The first-order valence-electron chi connectivity index (χ1n) is 7.37. The minimum atomic E-state index is -0.193. The van der Waals surface area contributed by atoms with Crippen molar-refractivity contribution in [1.82, 2.24) is 15.2 Å². The quantitative estimate of drug-likeness (QED) is 0.776. The lowest BCUT2D eigenvalue weighted by atomic mass is 9.96. The number of carbonyl (C=O) groups excluding carboxylic acids is 1. The zero-order valence-corrected chi connectivity index (χ0v) is 13.5. The van der Waals surface area contributed by atoms with E-state index in [2.05, 4.69) is 20.5 Å². The average molecular weight is 324 g/mol. The Hall–Kier alpha value is -2.60. The van der Waals surface area contributed by atoms with Crippen LogP contribution in [0, 0.1) is 0 Å². The van der Waals surface area contributed by atoms with Crippen LogP contribution in [-0.2, 0) is 4.79 Å². The van der Waals surface area contributed by atoms with E-state index >= 15 is 0 Å². The molecule has 6 heteroatoms. The monoisotopic (exact) mass is 324 g/mol. The molecule has 3 aromatic rings. The van der Waals surface area contributed by atoms with Gasteiger partial charge in [-0.25, -0.2) is 0 Å². The van der Waals surface area contributed by atoms with Gasteiger partial charge in [0.05, 0.1) is 5.92 Å². The highest BCUT2D eigenvalue weighted by molar-refractivity contribution is 7.18. The summed E-state index contributed by atoms with van der Waals surface area (Å²) in [5, 5.41) is 12.3. The van der Waals surface area contributed by atoms with Gasteiger partial charge in [0.15, 0.2) is 5.01 Å². The predicted octanol–water partition coefficient (Wildman–Crippen LogP) is 3.73. The number of aromatic nitrogens is 3. The summed E-state index contributed by atoms with van der Waals surface area (Å²) in [4.78, 5) is 16.6. The van der Waals surface area contributed by atoms with Crippen LogP contribution in [0.2, 0.25) is 0 Å². The zero-order valence-electron chi connectivity index (χ0n) is 12.6. The van der Waals surface area contributed by atoms with E-state index in [1.807, 2.05) is 49.4 Å². The van der Waals surface area contributed by atoms with Gasteiger partial charge in [-0.1, -0.05) is 48.6 Å². The molecule has 0 aliphatic carbocycles. The van der Waals surface area contributed by atoms with Gasteiger partial charge in [-0.15, -0.1) is 10.2 Å². The van der Waals surface area contributed by atoms with E-state index in [9.17, 15) is 4.79 Å².